The van der Waals surface area contributed by atoms with E-state index in [1.807, 2.05) is 31.2 Å². The van der Waals surface area contributed by atoms with Gasteiger partial charge in [0.2, 0.25) is 5.43 Å². The van der Waals surface area contributed by atoms with Crippen LogP contribution in [0.3, 0.4) is 0 Å². The van der Waals surface area contributed by atoms with E-state index in [1.165, 1.54) is 32.4 Å². The predicted octanol–water partition coefficient (Wildman–Crippen LogP) is 3.87. The Morgan fingerprint density at radius 2 is 1.82 bits per heavy atom. The maximum atomic E-state index is 13.0. The van der Waals surface area contributed by atoms with Crippen molar-refractivity contribution in [3.05, 3.63) is 63.5 Å². The molecule has 146 valence electrons. The molecule has 1 saturated heterocycles. The monoisotopic (exact) mass is 398 g/mol. The fourth-order valence-electron chi connectivity index (χ4n) is 3.94. The molecule has 0 spiro atoms. The average molecular weight is 399 g/mol. The summed E-state index contributed by atoms with van der Waals surface area (Å²) in [5.41, 5.74) is 1.90. The summed E-state index contributed by atoms with van der Waals surface area (Å²) in [6, 6.07) is 12.7. The molecule has 2 aromatic carbocycles. The minimum atomic E-state index is -0.0367. The van der Waals surface area contributed by atoms with Gasteiger partial charge in [-0.15, -0.1) is 0 Å². The topological polar surface area (TPSA) is 43.9 Å². The molecule has 1 fully saturated rings. The van der Waals surface area contributed by atoms with Gasteiger partial charge < -0.3 is 14.1 Å². The van der Waals surface area contributed by atoms with Crippen molar-refractivity contribution in [1.82, 2.24) is 0 Å². The second-order valence-electron chi connectivity index (χ2n) is 7.44. The number of hydrogen-bond acceptors (Lipinski definition) is 3. The number of halogens is 1. The van der Waals surface area contributed by atoms with Crippen molar-refractivity contribution >= 4 is 22.6 Å². The number of likely N-dealkylation sites (tertiary alicyclic amines) is 1. The first-order chi connectivity index (χ1) is 13.6. The zero-order valence-corrected chi connectivity index (χ0v) is 16.8. The normalized spacial score (nSPS) is 15.1. The van der Waals surface area contributed by atoms with Gasteiger partial charge in [-0.2, -0.15) is 0 Å². The molecule has 1 aromatic heterocycles. The number of nitrogens with one attached hydrogen (secondary N) is 1. The molecule has 4 nitrogen and oxygen atoms in total. The van der Waals surface area contributed by atoms with Gasteiger partial charge in [-0.25, -0.2) is 0 Å². The molecule has 0 amide bonds. The van der Waals surface area contributed by atoms with Crippen LogP contribution in [0.1, 0.15) is 25.0 Å². The number of rotatable bonds is 5. The molecular formula is C23H25ClNO3+. The fraction of sp³-hybridized carbons (Fsp3) is 0.348. The molecule has 28 heavy (non-hydrogen) atoms. The van der Waals surface area contributed by atoms with E-state index in [4.69, 9.17) is 20.8 Å². The van der Waals surface area contributed by atoms with E-state index in [0.717, 1.165) is 17.9 Å². The van der Waals surface area contributed by atoms with Crippen molar-refractivity contribution in [3.8, 4) is 16.9 Å². The van der Waals surface area contributed by atoms with E-state index in [2.05, 4.69) is 0 Å². The van der Waals surface area contributed by atoms with Gasteiger partial charge >= 0.3 is 0 Å². The van der Waals surface area contributed by atoms with Crippen LogP contribution in [-0.2, 0) is 0 Å². The van der Waals surface area contributed by atoms with Crippen molar-refractivity contribution in [2.45, 2.75) is 26.2 Å². The summed E-state index contributed by atoms with van der Waals surface area (Å²) in [5, 5.41) is 1.20. The molecule has 0 saturated carbocycles. The van der Waals surface area contributed by atoms with E-state index in [0.29, 0.717) is 33.9 Å². The van der Waals surface area contributed by atoms with Crippen molar-refractivity contribution in [3.63, 3.8) is 0 Å². The van der Waals surface area contributed by atoms with Crippen molar-refractivity contribution in [2.75, 3.05) is 26.2 Å². The number of quaternary nitrogens is 1. The second kappa shape index (κ2) is 8.38. The molecule has 0 bridgehead atoms. The van der Waals surface area contributed by atoms with Gasteiger partial charge in [-0.1, -0.05) is 23.7 Å². The van der Waals surface area contributed by atoms with Crippen LogP contribution in [0, 0.1) is 6.92 Å². The van der Waals surface area contributed by atoms with Crippen LogP contribution in [-0.4, -0.2) is 26.2 Å². The Hall–Kier alpha value is -2.30. The molecule has 5 heteroatoms. The number of aryl methyl sites for hydroxylation is 1. The van der Waals surface area contributed by atoms with Gasteiger partial charge in [0.25, 0.3) is 0 Å². The van der Waals surface area contributed by atoms with Crippen LogP contribution in [0.25, 0.3) is 22.1 Å². The van der Waals surface area contributed by atoms with Gasteiger partial charge in [0.05, 0.1) is 24.0 Å². The van der Waals surface area contributed by atoms with Crippen LogP contribution < -0.4 is 15.1 Å². The third kappa shape index (κ3) is 4.08. The SMILES string of the molecule is Cc1oc2cc(OCC[NH+]3CCCCC3)ccc2c(=O)c1-c1ccc(Cl)cc1. The van der Waals surface area contributed by atoms with Crippen LogP contribution in [0.4, 0.5) is 0 Å². The van der Waals surface area contributed by atoms with Gasteiger partial charge in [0.15, 0.2) is 0 Å². The Labute approximate surface area is 169 Å². The standard InChI is InChI=1S/C23H24ClNO3/c1-16-22(17-5-7-18(24)8-6-17)23(26)20-10-9-19(15-21(20)28-16)27-14-13-25-11-3-2-4-12-25/h5-10,15H,2-4,11-14H2,1H3/p+1. The molecule has 0 radical (unpaired) electrons. The van der Waals surface area contributed by atoms with Gasteiger partial charge in [0, 0.05) is 11.1 Å². The number of piperidine rings is 1. The molecule has 1 aliphatic heterocycles. The van der Waals surface area contributed by atoms with E-state index in [-0.39, 0.29) is 5.43 Å². The molecule has 3 aromatic rings. The van der Waals surface area contributed by atoms with Crippen molar-refractivity contribution < 1.29 is 14.1 Å². The average Bonchev–Trinajstić information content (AvgIpc) is 2.70. The number of ether oxygens (including phenoxy) is 1. The lowest BCUT2D eigenvalue weighted by Gasteiger charge is -2.23. The largest absolute Gasteiger partial charge is 0.488 e. The highest BCUT2D eigenvalue weighted by Gasteiger charge is 2.15. The molecule has 0 atom stereocenters. The summed E-state index contributed by atoms with van der Waals surface area (Å²) in [4.78, 5) is 14.6. The zero-order chi connectivity index (χ0) is 19.5. The lowest BCUT2D eigenvalue weighted by Crippen LogP contribution is -3.13. The maximum Gasteiger partial charge on any atom is 0.200 e. The summed E-state index contributed by atoms with van der Waals surface area (Å²) in [5.74, 6) is 1.33. The van der Waals surface area contributed by atoms with E-state index in [9.17, 15) is 4.79 Å². The van der Waals surface area contributed by atoms with Crippen LogP contribution >= 0.6 is 11.6 Å². The highest BCUT2D eigenvalue weighted by atomic mass is 35.5. The first-order valence-electron chi connectivity index (χ1n) is 9.91. The molecule has 0 aliphatic carbocycles. The minimum Gasteiger partial charge on any atom is -0.488 e. The quantitative estimate of drug-likeness (QED) is 0.709. The van der Waals surface area contributed by atoms with Gasteiger partial charge in [-0.05, 0) is 56.0 Å². The second-order valence-corrected chi connectivity index (χ2v) is 7.87. The highest BCUT2D eigenvalue weighted by Crippen LogP contribution is 2.27. The number of benzene rings is 2. The molecule has 0 unspecified atom stereocenters. The summed E-state index contributed by atoms with van der Waals surface area (Å²) in [6.07, 6.45) is 3.98. The summed E-state index contributed by atoms with van der Waals surface area (Å²) in [6.45, 7) is 5.98. The molecule has 2 heterocycles. The van der Waals surface area contributed by atoms with E-state index < -0.39 is 0 Å². The minimum absolute atomic E-state index is 0.0367. The van der Waals surface area contributed by atoms with Crippen LogP contribution in [0.15, 0.2) is 51.7 Å². The van der Waals surface area contributed by atoms with Gasteiger partial charge in [-0.3, -0.25) is 4.79 Å². The third-order valence-electron chi connectivity index (χ3n) is 5.46. The smallest absolute Gasteiger partial charge is 0.200 e. The summed E-state index contributed by atoms with van der Waals surface area (Å²) >= 11 is 5.97. The van der Waals surface area contributed by atoms with Crippen LogP contribution in [0.2, 0.25) is 5.02 Å². The molecule has 1 N–H and O–H groups in total. The van der Waals surface area contributed by atoms with Gasteiger partial charge in [0.1, 0.15) is 30.2 Å². The highest BCUT2D eigenvalue weighted by molar-refractivity contribution is 6.30. The molecular weight excluding hydrogens is 374 g/mol. The summed E-state index contributed by atoms with van der Waals surface area (Å²) < 4.78 is 11.9. The molecule has 1 aliphatic rings. The zero-order valence-electron chi connectivity index (χ0n) is 16.1. The van der Waals surface area contributed by atoms with Crippen molar-refractivity contribution in [1.29, 1.82) is 0 Å². The Balaban J connectivity index is 1.56. The Morgan fingerprint density at radius 3 is 2.57 bits per heavy atom. The Bertz CT molecular complexity index is 1020. The maximum absolute atomic E-state index is 13.0. The summed E-state index contributed by atoms with van der Waals surface area (Å²) in [7, 11) is 0. The first-order valence-corrected chi connectivity index (χ1v) is 10.3. The lowest BCUT2D eigenvalue weighted by atomic mass is 10.0. The van der Waals surface area contributed by atoms with E-state index >= 15 is 0 Å². The Kier molecular flexibility index (Phi) is 5.69. The van der Waals surface area contributed by atoms with E-state index in [1.54, 1.807) is 23.1 Å². The lowest BCUT2D eigenvalue weighted by molar-refractivity contribution is -0.904. The van der Waals surface area contributed by atoms with Crippen LogP contribution in [0.5, 0.6) is 5.75 Å². The predicted molar refractivity (Wildman–Crippen MR) is 113 cm³/mol. The Morgan fingerprint density at radius 1 is 1.07 bits per heavy atom. The van der Waals surface area contributed by atoms with Crippen molar-refractivity contribution in [2.24, 2.45) is 0 Å². The number of fused-ring (bicyclic) bond motifs is 1. The third-order valence-corrected chi connectivity index (χ3v) is 5.71. The number of hydrogen-bond donors (Lipinski definition) is 1. The first kappa shape index (κ1) is 19.0. The fourth-order valence-corrected chi connectivity index (χ4v) is 4.07. The molecule has 4 rings (SSSR count).